The van der Waals surface area contributed by atoms with E-state index in [2.05, 4.69) is 5.32 Å². The number of alkyl carbamates (subject to hydrolysis) is 1. The maximum Gasteiger partial charge on any atom is 0.407 e. The summed E-state index contributed by atoms with van der Waals surface area (Å²) in [4.78, 5) is 23.6. The molecule has 0 saturated carbocycles. The van der Waals surface area contributed by atoms with Gasteiger partial charge in [0.25, 0.3) is 5.56 Å². The van der Waals surface area contributed by atoms with E-state index in [9.17, 15) is 9.59 Å². The van der Waals surface area contributed by atoms with Crippen LogP contribution in [0, 0.1) is 0 Å². The topological polar surface area (TPSA) is 60.3 Å². The van der Waals surface area contributed by atoms with Crippen LogP contribution in [-0.2, 0) is 11.3 Å². The monoisotopic (exact) mass is 294 g/mol. The van der Waals surface area contributed by atoms with Gasteiger partial charge in [-0.05, 0) is 32.9 Å². The third-order valence-corrected chi connectivity index (χ3v) is 3.78. The summed E-state index contributed by atoms with van der Waals surface area (Å²) in [6.45, 7) is 5.87. The van der Waals surface area contributed by atoms with E-state index in [0.29, 0.717) is 11.9 Å². The van der Waals surface area contributed by atoms with Gasteiger partial charge in [-0.3, -0.25) is 8.75 Å². The van der Waals surface area contributed by atoms with Gasteiger partial charge in [0.05, 0.1) is 16.6 Å². The summed E-state index contributed by atoms with van der Waals surface area (Å²) in [6.07, 6.45) is -0.818. The molecule has 1 atom stereocenters. The van der Waals surface area contributed by atoms with E-state index in [0.717, 1.165) is 4.70 Å². The Morgan fingerprint density at radius 2 is 2.05 bits per heavy atom. The van der Waals surface area contributed by atoms with Crippen molar-refractivity contribution in [3.63, 3.8) is 0 Å². The van der Waals surface area contributed by atoms with Crippen LogP contribution >= 0.6 is 11.5 Å². The average molecular weight is 294 g/mol. The van der Waals surface area contributed by atoms with Gasteiger partial charge in [-0.15, -0.1) is 0 Å². The third-order valence-electron chi connectivity index (χ3n) is 2.69. The molecule has 1 unspecified atom stereocenters. The number of carbonyl (C=O) groups is 1. The SMILES string of the molecule is CC(C)NC(=O)OC(C)Cn1sc2ccccc2c1=O. The number of ether oxygens (including phenoxy) is 1. The minimum Gasteiger partial charge on any atom is -0.445 e. The summed E-state index contributed by atoms with van der Waals surface area (Å²) in [7, 11) is 0. The van der Waals surface area contributed by atoms with E-state index in [4.69, 9.17) is 4.74 Å². The van der Waals surface area contributed by atoms with Gasteiger partial charge in [0.15, 0.2) is 0 Å². The van der Waals surface area contributed by atoms with Crippen molar-refractivity contribution in [1.29, 1.82) is 0 Å². The average Bonchev–Trinajstić information content (AvgIpc) is 2.65. The first-order chi connectivity index (χ1) is 9.47. The van der Waals surface area contributed by atoms with Crippen LogP contribution in [0.15, 0.2) is 29.1 Å². The molecule has 0 aliphatic heterocycles. The minimum absolute atomic E-state index is 0.0294. The Hall–Kier alpha value is -1.82. The molecule has 0 saturated heterocycles. The number of aromatic nitrogens is 1. The molecule has 0 fully saturated rings. The number of rotatable bonds is 4. The molecule has 1 aromatic heterocycles. The highest BCUT2D eigenvalue weighted by Gasteiger charge is 2.14. The van der Waals surface area contributed by atoms with Gasteiger partial charge in [0, 0.05) is 6.04 Å². The smallest absolute Gasteiger partial charge is 0.407 e. The molecule has 0 bridgehead atoms. The molecule has 0 aliphatic rings. The molecule has 6 heteroatoms. The van der Waals surface area contributed by atoms with Crippen molar-refractivity contribution in [2.24, 2.45) is 0 Å². The number of amides is 1. The van der Waals surface area contributed by atoms with Crippen LogP contribution in [0.25, 0.3) is 10.1 Å². The van der Waals surface area contributed by atoms with Crippen molar-refractivity contribution in [2.45, 2.75) is 39.5 Å². The molecular weight excluding hydrogens is 276 g/mol. The molecule has 1 N–H and O–H groups in total. The first-order valence-corrected chi connectivity index (χ1v) is 7.30. The first kappa shape index (κ1) is 14.6. The molecule has 1 aromatic carbocycles. The van der Waals surface area contributed by atoms with Crippen molar-refractivity contribution >= 4 is 27.7 Å². The maximum atomic E-state index is 12.1. The minimum atomic E-state index is -0.457. The van der Waals surface area contributed by atoms with E-state index in [1.165, 1.54) is 11.5 Å². The zero-order valence-electron chi connectivity index (χ0n) is 11.8. The van der Waals surface area contributed by atoms with Gasteiger partial charge in [0.1, 0.15) is 6.10 Å². The standard InChI is InChI=1S/C14H18N2O3S/c1-9(2)15-14(18)19-10(3)8-16-13(17)11-6-4-5-7-12(11)20-16/h4-7,9-10H,8H2,1-3H3,(H,15,18). The molecule has 5 nitrogen and oxygen atoms in total. The van der Waals surface area contributed by atoms with Gasteiger partial charge in [-0.1, -0.05) is 23.7 Å². The Morgan fingerprint density at radius 1 is 1.35 bits per heavy atom. The van der Waals surface area contributed by atoms with Gasteiger partial charge in [0.2, 0.25) is 0 Å². The Morgan fingerprint density at radius 3 is 2.70 bits per heavy atom. The van der Waals surface area contributed by atoms with Crippen LogP contribution in [0.2, 0.25) is 0 Å². The Balaban J connectivity index is 2.06. The maximum absolute atomic E-state index is 12.1. The summed E-state index contributed by atoms with van der Waals surface area (Å²) < 4.78 is 7.78. The summed E-state index contributed by atoms with van der Waals surface area (Å²) in [5.74, 6) is 0. The second-order valence-corrected chi connectivity index (χ2v) is 6.03. The summed E-state index contributed by atoms with van der Waals surface area (Å²) in [5, 5.41) is 3.36. The number of nitrogens with one attached hydrogen (secondary N) is 1. The van der Waals surface area contributed by atoms with Crippen LogP contribution in [0.4, 0.5) is 4.79 Å². The number of fused-ring (bicyclic) bond motifs is 1. The van der Waals surface area contributed by atoms with Gasteiger partial charge in [-0.2, -0.15) is 0 Å². The lowest BCUT2D eigenvalue weighted by Gasteiger charge is -2.15. The number of benzene rings is 1. The first-order valence-electron chi connectivity index (χ1n) is 6.53. The lowest BCUT2D eigenvalue weighted by Crippen LogP contribution is -2.34. The third kappa shape index (κ3) is 3.39. The fraction of sp³-hybridized carbons (Fsp3) is 0.429. The Bertz CT molecular complexity index is 660. The largest absolute Gasteiger partial charge is 0.445 e. The molecule has 1 amide bonds. The molecule has 0 radical (unpaired) electrons. The highest BCUT2D eigenvalue weighted by molar-refractivity contribution is 7.13. The predicted octanol–water partition coefficient (Wildman–Crippen LogP) is 2.59. The Kier molecular flexibility index (Phi) is 4.44. The fourth-order valence-electron chi connectivity index (χ4n) is 1.86. The second kappa shape index (κ2) is 6.09. The molecule has 0 spiro atoms. The summed E-state index contributed by atoms with van der Waals surface area (Å²) in [5.41, 5.74) is -0.0367. The molecule has 0 aliphatic carbocycles. The van der Waals surface area contributed by atoms with Crippen molar-refractivity contribution < 1.29 is 9.53 Å². The van der Waals surface area contributed by atoms with Crippen molar-refractivity contribution in [2.75, 3.05) is 0 Å². The normalized spacial score (nSPS) is 12.6. The zero-order chi connectivity index (χ0) is 14.7. The highest BCUT2D eigenvalue weighted by Crippen LogP contribution is 2.16. The zero-order valence-corrected chi connectivity index (χ0v) is 12.6. The highest BCUT2D eigenvalue weighted by atomic mass is 32.1. The molecule has 20 heavy (non-hydrogen) atoms. The lowest BCUT2D eigenvalue weighted by molar-refractivity contribution is 0.0967. The molecule has 2 aromatic rings. The van der Waals surface area contributed by atoms with Crippen molar-refractivity contribution in [3.05, 3.63) is 34.6 Å². The predicted molar refractivity (Wildman–Crippen MR) is 80.3 cm³/mol. The van der Waals surface area contributed by atoms with E-state index in [1.807, 2.05) is 38.1 Å². The molecule has 2 rings (SSSR count). The molecule has 1 heterocycles. The van der Waals surface area contributed by atoms with Crippen LogP contribution in [0.5, 0.6) is 0 Å². The summed E-state index contributed by atoms with van der Waals surface area (Å²) >= 11 is 1.39. The summed E-state index contributed by atoms with van der Waals surface area (Å²) in [6, 6.07) is 7.49. The lowest BCUT2D eigenvalue weighted by atomic mass is 10.3. The number of hydrogen-bond acceptors (Lipinski definition) is 4. The van der Waals surface area contributed by atoms with Crippen molar-refractivity contribution in [3.8, 4) is 0 Å². The van der Waals surface area contributed by atoms with Crippen LogP contribution < -0.4 is 10.9 Å². The van der Waals surface area contributed by atoms with Gasteiger partial charge in [-0.25, -0.2) is 4.79 Å². The quantitative estimate of drug-likeness (QED) is 0.943. The van der Waals surface area contributed by atoms with E-state index >= 15 is 0 Å². The second-order valence-electron chi connectivity index (χ2n) is 4.97. The number of carbonyl (C=O) groups excluding carboxylic acids is 1. The van der Waals surface area contributed by atoms with Crippen molar-refractivity contribution in [1.82, 2.24) is 9.27 Å². The van der Waals surface area contributed by atoms with Crippen LogP contribution in [-0.4, -0.2) is 22.2 Å². The van der Waals surface area contributed by atoms with Crippen LogP contribution in [0.3, 0.4) is 0 Å². The van der Waals surface area contributed by atoms with Gasteiger partial charge < -0.3 is 10.1 Å². The Labute approximate surface area is 121 Å². The fourth-order valence-corrected chi connectivity index (χ4v) is 2.96. The number of hydrogen-bond donors (Lipinski definition) is 1. The van der Waals surface area contributed by atoms with E-state index in [1.54, 1.807) is 10.9 Å². The van der Waals surface area contributed by atoms with E-state index in [-0.39, 0.29) is 17.7 Å². The van der Waals surface area contributed by atoms with Crippen LogP contribution in [0.1, 0.15) is 20.8 Å². The molecule has 108 valence electrons. The number of nitrogens with zero attached hydrogens (tertiary/aromatic N) is 1. The van der Waals surface area contributed by atoms with Gasteiger partial charge >= 0.3 is 6.09 Å². The van der Waals surface area contributed by atoms with E-state index < -0.39 is 6.09 Å². The molecular formula is C14H18N2O3S.